The van der Waals surface area contributed by atoms with Gasteiger partial charge in [-0.3, -0.25) is 0 Å². The van der Waals surface area contributed by atoms with Crippen LogP contribution in [0.1, 0.15) is 16.3 Å². The molecule has 3 heterocycles. The fourth-order valence-corrected chi connectivity index (χ4v) is 2.38. The standard InChI is InChI=1S/C12H13N5S/c1-8-6-15-17-10(5-9(2)16-12(8)17)14-7-11-13-3-4-18-11/h3-6,14H,7H2,1-2H3. The van der Waals surface area contributed by atoms with E-state index in [2.05, 4.69) is 20.4 Å². The summed E-state index contributed by atoms with van der Waals surface area (Å²) in [4.78, 5) is 8.74. The minimum atomic E-state index is 0.703. The molecule has 0 radical (unpaired) electrons. The Morgan fingerprint density at radius 2 is 2.28 bits per heavy atom. The zero-order chi connectivity index (χ0) is 12.5. The molecule has 0 atom stereocenters. The lowest BCUT2D eigenvalue weighted by atomic mass is 10.3. The van der Waals surface area contributed by atoms with Crippen LogP contribution < -0.4 is 5.32 Å². The Bertz CT molecular complexity index is 671. The molecule has 92 valence electrons. The molecule has 0 saturated heterocycles. The Balaban J connectivity index is 1.95. The summed E-state index contributed by atoms with van der Waals surface area (Å²) < 4.78 is 1.83. The molecule has 3 aromatic rings. The molecule has 5 nitrogen and oxygen atoms in total. The highest BCUT2D eigenvalue weighted by Gasteiger charge is 2.07. The average Bonchev–Trinajstić information content (AvgIpc) is 2.97. The summed E-state index contributed by atoms with van der Waals surface area (Å²) in [5.41, 5.74) is 2.96. The quantitative estimate of drug-likeness (QED) is 0.784. The Kier molecular flexibility index (Phi) is 2.71. The number of hydrogen-bond acceptors (Lipinski definition) is 5. The smallest absolute Gasteiger partial charge is 0.160 e. The topological polar surface area (TPSA) is 55.1 Å². The van der Waals surface area contributed by atoms with Crippen LogP contribution in [0.3, 0.4) is 0 Å². The van der Waals surface area contributed by atoms with Crippen LogP contribution in [0.5, 0.6) is 0 Å². The molecule has 0 saturated carbocycles. The summed E-state index contributed by atoms with van der Waals surface area (Å²) >= 11 is 1.64. The van der Waals surface area contributed by atoms with Gasteiger partial charge in [0.05, 0.1) is 12.7 Å². The summed E-state index contributed by atoms with van der Waals surface area (Å²) in [7, 11) is 0. The summed E-state index contributed by atoms with van der Waals surface area (Å²) in [6.45, 7) is 4.70. The summed E-state index contributed by atoms with van der Waals surface area (Å²) in [6.07, 6.45) is 3.64. The molecular formula is C12H13N5S. The first-order valence-corrected chi connectivity index (χ1v) is 6.56. The molecule has 18 heavy (non-hydrogen) atoms. The van der Waals surface area contributed by atoms with E-state index < -0.39 is 0 Å². The molecule has 1 N–H and O–H groups in total. The first kappa shape index (κ1) is 11.2. The van der Waals surface area contributed by atoms with Crippen molar-refractivity contribution in [2.24, 2.45) is 0 Å². The van der Waals surface area contributed by atoms with E-state index in [1.807, 2.05) is 42.2 Å². The Hall–Kier alpha value is -1.95. The van der Waals surface area contributed by atoms with Crippen LogP contribution in [0.25, 0.3) is 5.65 Å². The van der Waals surface area contributed by atoms with Crippen molar-refractivity contribution in [3.8, 4) is 0 Å². The number of rotatable bonds is 3. The highest BCUT2D eigenvalue weighted by molar-refractivity contribution is 7.09. The van der Waals surface area contributed by atoms with E-state index in [0.29, 0.717) is 6.54 Å². The Labute approximate surface area is 109 Å². The number of aryl methyl sites for hydroxylation is 2. The second-order valence-corrected chi connectivity index (χ2v) is 5.10. The molecule has 0 aromatic carbocycles. The van der Waals surface area contributed by atoms with Gasteiger partial charge in [0.15, 0.2) is 5.65 Å². The number of anilines is 1. The molecule has 0 fully saturated rings. The molecule has 0 amide bonds. The number of aromatic nitrogens is 4. The lowest BCUT2D eigenvalue weighted by molar-refractivity contribution is 0.915. The van der Waals surface area contributed by atoms with Gasteiger partial charge >= 0.3 is 0 Å². The maximum atomic E-state index is 4.49. The van der Waals surface area contributed by atoms with Gasteiger partial charge in [-0.15, -0.1) is 11.3 Å². The molecule has 0 aliphatic carbocycles. The van der Waals surface area contributed by atoms with Crippen molar-refractivity contribution in [2.75, 3.05) is 5.32 Å². The molecule has 3 aromatic heterocycles. The molecule has 6 heteroatoms. The van der Waals surface area contributed by atoms with E-state index in [4.69, 9.17) is 0 Å². The van der Waals surface area contributed by atoms with Gasteiger partial charge in [0, 0.05) is 28.9 Å². The molecule has 0 aliphatic rings. The zero-order valence-corrected chi connectivity index (χ0v) is 11.0. The second-order valence-electron chi connectivity index (χ2n) is 4.13. The van der Waals surface area contributed by atoms with E-state index in [1.165, 1.54) is 0 Å². The zero-order valence-electron chi connectivity index (χ0n) is 10.2. The second kappa shape index (κ2) is 4.38. The van der Waals surface area contributed by atoms with Gasteiger partial charge in [0.1, 0.15) is 10.8 Å². The SMILES string of the molecule is Cc1cc(NCc2nccs2)n2ncc(C)c2n1. The van der Waals surface area contributed by atoms with Crippen LogP contribution in [-0.4, -0.2) is 19.6 Å². The first-order valence-electron chi connectivity index (χ1n) is 5.68. The van der Waals surface area contributed by atoms with Crippen molar-refractivity contribution >= 4 is 22.8 Å². The van der Waals surface area contributed by atoms with Gasteiger partial charge in [-0.05, 0) is 13.8 Å². The van der Waals surface area contributed by atoms with Gasteiger partial charge in [-0.2, -0.15) is 9.61 Å². The molecule has 0 unspecified atom stereocenters. The maximum Gasteiger partial charge on any atom is 0.160 e. The number of hydrogen-bond donors (Lipinski definition) is 1. The minimum Gasteiger partial charge on any atom is -0.363 e. The maximum absolute atomic E-state index is 4.49. The lowest BCUT2D eigenvalue weighted by Gasteiger charge is -2.08. The molecule has 3 rings (SSSR count). The van der Waals surface area contributed by atoms with Crippen LogP contribution in [0.15, 0.2) is 23.8 Å². The van der Waals surface area contributed by atoms with Gasteiger partial charge in [-0.25, -0.2) is 9.97 Å². The van der Waals surface area contributed by atoms with Crippen LogP contribution in [0, 0.1) is 13.8 Å². The highest BCUT2D eigenvalue weighted by Crippen LogP contribution is 2.16. The Morgan fingerprint density at radius 3 is 3.06 bits per heavy atom. The fourth-order valence-electron chi connectivity index (χ4n) is 1.83. The van der Waals surface area contributed by atoms with Gasteiger partial charge in [0.2, 0.25) is 0 Å². The van der Waals surface area contributed by atoms with Crippen molar-refractivity contribution in [1.29, 1.82) is 0 Å². The fraction of sp³-hybridized carbons (Fsp3) is 0.250. The highest BCUT2D eigenvalue weighted by atomic mass is 32.1. The largest absolute Gasteiger partial charge is 0.363 e. The summed E-state index contributed by atoms with van der Waals surface area (Å²) in [5.74, 6) is 0.945. The van der Waals surface area contributed by atoms with Gasteiger partial charge in [-0.1, -0.05) is 0 Å². The van der Waals surface area contributed by atoms with Crippen molar-refractivity contribution in [3.63, 3.8) is 0 Å². The number of thiazole rings is 1. The van der Waals surface area contributed by atoms with Crippen molar-refractivity contribution in [1.82, 2.24) is 19.6 Å². The third-order valence-corrected chi connectivity index (χ3v) is 3.46. The van der Waals surface area contributed by atoms with Crippen LogP contribution in [0.4, 0.5) is 5.82 Å². The van der Waals surface area contributed by atoms with E-state index in [-0.39, 0.29) is 0 Å². The molecule has 0 bridgehead atoms. The van der Waals surface area contributed by atoms with Crippen LogP contribution >= 0.6 is 11.3 Å². The predicted molar refractivity (Wildman–Crippen MR) is 71.9 cm³/mol. The lowest BCUT2D eigenvalue weighted by Crippen LogP contribution is -2.06. The third-order valence-electron chi connectivity index (χ3n) is 2.68. The first-order chi connectivity index (χ1) is 8.74. The van der Waals surface area contributed by atoms with Gasteiger partial charge in [0.25, 0.3) is 0 Å². The predicted octanol–water partition coefficient (Wildman–Crippen LogP) is 2.41. The van der Waals surface area contributed by atoms with Crippen molar-refractivity contribution < 1.29 is 0 Å². The average molecular weight is 259 g/mol. The number of nitrogens with one attached hydrogen (secondary N) is 1. The molecule has 0 aliphatic heterocycles. The van der Waals surface area contributed by atoms with E-state index in [9.17, 15) is 0 Å². The van der Waals surface area contributed by atoms with Crippen LogP contribution in [-0.2, 0) is 6.54 Å². The monoisotopic (exact) mass is 259 g/mol. The number of fused-ring (bicyclic) bond motifs is 1. The minimum absolute atomic E-state index is 0.703. The van der Waals surface area contributed by atoms with Crippen molar-refractivity contribution in [2.45, 2.75) is 20.4 Å². The summed E-state index contributed by atoms with van der Waals surface area (Å²) in [6, 6.07) is 1.99. The third kappa shape index (κ3) is 1.95. The normalized spacial score (nSPS) is 11.0. The van der Waals surface area contributed by atoms with E-state index >= 15 is 0 Å². The van der Waals surface area contributed by atoms with Crippen molar-refractivity contribution in [3.05, 3.63) is 40.1 Å². The van der Waals surface area contributed by atoms with Crippen LogP contribution in [0.2, 0.25) is 0 Å². The molecular weight excluding hydrogens is 246 g/mol. The summed E-state index contributed by atoms with van der Waals surface area (Å²) in [5, 5.41) is 10.7. The van der Waals surface area contributed by atoms with E-state index in [0.717, 1.165) is 27.7 Å². The number of nitrogens with zero attached hydrogens (tertiary/aromatic N) is 4. The molecule has 0 spiro atoms. The van der Waals surface area contributed by atoms with E-state index in [1.54, 1.807) is 11.3 Å². The van der Waals surface area contributed by atoms with Gasteiger partial charge < -0.3 is 5.32 Å². The Morgan fingerprint density at radius 1 is 1.39 bits per heavy atom.